The largest absolute Gasteiger partial charge is 0.379 e. The van der Waals surface area contributed by atoms with Gasteiger partial charge in [0.1, 0.15) is 16.8 Å². The molecule has 1 atom stereocenters. The second-order valence-electron chi connectivity index (χ2n) is 7.65. The summed E-state index contributed by atoms with van der Waals surface area (Å²) in [4.78, 5) is 27.6. The fourth-order valence-corrected chi connectivity index (χ4v) is 6.13. The van der Waals surface area contributed by atoms with Gasteiger partial charge in [-0.25, -0.2) is 12.8 Å². The first-order valence-corrected chi connectivity index (χ1v) is 12.7. The molecule has 0 spiro atoms. The number of carbonyl (C=O) groups is 2. The van der Waals surface area contributed by atoms with Crippen molar-refractivity contribution in [3.63, 3.8) is 0 Å². The molecule has 0 saturated carbocycles. The highest BCUT2D eigenvalue weighted by atomic mass is 32.2. The molecule has 4 rings (SSSR count). The van der Waals surface area contributed by atoms with E-state index in [-0.39, 0.29) is 44.3 Å². The predicted molar refractivity (Wildman–Crippen MR) is 117 cm³/mol. The third kappa shape index (κ3) is 4.85. The molecule has 0 radical (unpaired) electrons. The zero-order chi connectivity index (χ0) is 22.7. The van der Waals surface area contributed by atoms with Crippen molar-refractivity contribution >= 4 is 38.9 Å². The quantitative estimate of drug-likeness (QED) is 0.682. The van der Waals surface area contributed by atoms with Crippen molar-refractivity contribution in [2.24, 2.45) is 0 Å². The van der Waals surface area contributed by atoms with E-state index in [1.54, 1.807) is 4.90 Å². The van der Waals surface area contributed by atoms with Gasteiger partial charge in [-0.3, -0.25) is 9.59 Å². The Kier molecular flexibility index (Phi) is 6.89. The summed E-state index contributed by atoms with van der Waals surface area (Å²) in [7, 11) is -4.06. The fourth-order valence-electron chi connectivity index (χ4n) is 3.93. The van der Waals surface area contributed by atoms with Crippen LogP contribution in [0.15, 0.2) is 40.6 Å². The number of carbonyl (C=O) groups excluding carboxylic acids is 2. The maximum atomic E-state index is 14.4. The lowest BCUT2D eigenvalue weighted by Gasteiger charge is -2.26. The van der Waals surface area contributed by atoms with Gasteiger partial charge in [-0.2, -0.15) is 4.31 Å². The van der Waals surface area contributed by atoms with E-state index in [1.165, 1.54) is 21.7 Å². The highest BCUT2D eigenvalue weighted by Gasteiger charge is 2.35. The Morgan fingerprint density at radius 1 is 1.19 bits per heavy atom. The average Bonchev–Trinajstić information content (AvgIpc) is 3.47. The molecule has 1 aromatic carbocycles. The van der Waals surface area contributed by atoms with Crippen LogP contribution in [0.4, 0.5) is 10.1 Å². The van der Waals surface area contributed by atoms with Crippen molar-refractivity contribution in [3.05, 3.63) is 46.4 Å². The van der Waals surface area contributed by atoms with Crippen LogP contribution in [0.3, 0.4) is 0 Å². The molecule has 3 heterocycles. The number of anilines is 1. The summed E-state index contributed by atoms with van der Waals surface area (Å²) in [6.07, 6.45) is 1.45. The molecule has 0 aliphatic carbocycles. The van der Waals surface area contributed by atoms with Crippen LogP contribution in [0.25, 0.3) is 0 Å². The van der Waals surface area contributed by atoms with Crippen molar-refractivity contribution in [1.82, 2.24) is 9.21 Å². The van der Waals surface area contributed by atoms with Crippen LogP contribution in [-0.2, 0) is 30.8 Å². The van der Waals surface area contributed by atoms with Crippen molar-refractivity contribution in [3.8, 4) is 0 Å². The first kappa shape index (κ1) is 22.8. The number of likely N-dealkylation sites (tertiary alicyclic amines) is 1. The Labute approximate surface area is 190 Å². The second-order valence-corrected chi connectivity index (χ2v) is 10.6. The number of rotatable bonds is 6. The summed E-state index contributed by atoms with van der Waals surface area (Å²) < 4.78 is 46.5. The minimum atomic E-state index is -4.06. The molecule has 2 aliphatic heterocycles. The summed E-state index contributed by atoms with van der Waals surface area (Å²) in [6, 6.07) is 6.58. The number of ether oxygens (including phenoxy) is 1. The molecule has 32 heavy (non-hydrogen) atoms. The molecular weight excluding hydrogens is 457 g/mol. The molecule has 2 saturated heterocycles. The van der Waals surface area contributed by atoms with Gasteiger partial charge in [0.25, 0.3) is 0 Å². The number of benzene rings is 1. The second kappa shape index (κ2) is 9.65. The van der Waals surface area contributed by atoms with E-state index in [1.807, 2.05) is 17.5 Å². The topological polar surface area (TPSA) is 96.0 Å². The Balaban J connectivity index is 1.48. The van der Waals surface area contributed by atoms with Gasteiger partial charge in [0, 0.05) is 30.2 Å². The van der Waals surface area contributed by atoms with Crippen LogP contribution in [-0.4, -0.2) is 68.3 Å². The normalized spacial score (nSPS) is 19.8. The van der Waals surface area contributed by atoms with E-state index in [0.29, 0.717) is 19.4 Å². The fraction of sp³-hybridized carbons (Fsp3) is 0.429. The number of hydrogen-bond acceptors (Lipinski definition) is 6. The molecule has 8 nitrogen and oxygen atoms in total. The lowest BCUT2D eigenvalue weighted by atomic mass is 10.2. The highest BCUT2D eigenvalue weighted by Crippen LogP contribution is 2.26. The van der Waals surface area contributed by atoms with E-state index in [2.05, 4.69) is 5.32 Å². The van der Waals surface area contributed by atoms with Gasteiger partial charge in [-0.05, 0) is 42.5 Å². The van der Waals surface area contributed by atoms with Crippen molar-refractivity contribution in [2.75, 3.05) is 38.2 Å². The van der Waals surface area contributed by atoms with Crippen LogP contribution >= 0.6 is 11.3 Å². The maximum absolute atomic E-state index is 14.4. The third-order valence-electron chi connectivity index (χ3n) is 5.57. The smallest absolute Gasteiger partial charge is 0.247 e. The molecule has 1 aromatic heterocycles. The minimum Gasteiger partial charge on any atom is -0.379 e. The first-order valence-electron chi connectivity index (χ1n) is 10.4. The number of nitrogens with zero attached hydrogens (tertiary/aromatic N) is 2. The molecule has 172 valence electrons. The number of thiophene rings is 1. The predicted octanol–water partition coefficient (Wildman–Crippen LogP) is 2.08. The molecule has 2 aromatic rings. The minimum absolute atomic E-state index is 0.125. The number of nitrogens with one attached hydrogen (secondary N) is 1. The van der Waals surface area contributed by atoms with E-state index in [0.717, 1.165) is 17.0 Å². The molecule has 0 bridgehead atoms. The average molecular weight is 482 g/mol. The number of hydrogen-bond donors (Lipinski definition) is 1. The zero-order valence-corrected chi connectivity index (χ0v) is 19.0. The summed E-state index contributed by atoms with van der Waals surface area (Å²) in [5.41, 5.74) is 0.167. The number of sulfonamides is 1. The Morgan fingerprint density at radius 3 is 2.69 bits per heavy atom. The standard InChI is InChI=1S/C21H24FN3O5S2/c22-17-6-5-15(13-19(17)32(28,29)24-8-10-30-11-9-24)23-21(27)18-4-1-7-25(18)20(26)14-16-3-2-12-31-16/h2-3,5-6,12-13,18H,1,4,7-11,14H2,(H,23,27). The van der Waals surface area contributed by atoms with Crippen LogP contribution in [0.1, 0.15) is 17.7 Å². The van der Waals surface area contributed by atoms with Gasteiger partial charge in [0.15, 0.2) is 0 Å². The number of amides is 2. The molecule has 1 unspecified atom stereocenters. The molecule has 2 aliphatic rings. The van der Waals surface area contributed by atoms with E-state index in [9.17, 15) is 22.4 Å². The molecular formula is C21H24FN3O5S2. The van der Waals surface area contributed by atoms with E-state index < -0.39 is 32.7 Å². The molecule has 1 N–H and O–H groups in total. The highest BCUT2D eigenvalue weighted by molar-refractivity contribution is 7.89. The third-order valence-corrected chi connectivity index (χ3v) is 8.36. The van der Waals surface area contributed by atoms with Crippen molar-refractivity contribution in [2.45, 2.75) is 30.2 Å². The van der Waals surface area contributed by atoms with Crippen molar-refractivity contribution < 1.29 is 27.1 Å². The number of halogens is 1. The van der Waals surface area contributed by atoms with Crippen molar-refractivity contribution in [1.29, 1.82) is 0 Å². The van der Waals surface area contributed by atoms with Gasteiger partial charge in [0.2, 0.25) is 21.8 Å². The van der Waals surface area contributed by atoms with E-state index in [4.69, 9.17) is 4.74 Å². The Bertz CT molecular complexity index is 1080. The van der Waals surface area contributed by atoms with Crippen LogP contribution in [0.2, 0.25) is 0 Å². The SMILES string of the molecule is O=C(Nc1ccc(F)c(S(=O)(=O)N2CCOCC2)c1)C1CCCN1C(=O)Cc1cccs1. The van der Waals surface area contributed by atoms with Gasteiger partial charge in [-0.1, -0.05) is 6.07 Å². The summed E-state index contributed by atoms with van der Waals surface area (Å²) in [6.45, 7) is 1.26. The van der Waals surface area contributed by atoms with Gasteiger partial charge >= 0.3 is 0 Å². The van der Waals surface area contributed by atoms with Gasteiger partial charge in [0.05, 0.1) is 19.6 Å². The van der Waals surface area contributed by atoms with Gasteiger partial charge in [-0.15, -0.1) is 11.3 Å². The summed E-state index contributed by atoms with van der Waals surface area (Å²) in [5, 5.41) is 4.56. The Hall–Kier alpha value is -2.34. The Morgan fingerprint density at radius 2 is 1.97 bits per heavy atom. The number of morpholine rings is 1. The van der Waals surface area contributed by atoms with Crippen LogP contribution in [0.5, 0.6) is 0 Å². The molecule has 2 fully saturated rings. The lowest BCUT2D eigenvalue weighted by Crippen LogP contribution is -2.43. The maximum Gasteiger partial charge on any atom is 0.247 e. The molecule has 11 heteroatoms. The summed E-state index contributed by atoms with van der Waals surface area (Å²) >= 11 is 1.49. The van der Waals surface area contributed by atoms with Gasteiger partial charge < -0.3 is 15.0 Å². The van der Waals surface area contributed by atoms with Crippen LogP contribution < -0.4 is 5.32 Å². The molecule has 2 amide bonds. The van der Waals surface area contributed by atoms with E-state index >= 15 is 0 Å². The summed E-state index contributed by atoms with van der Waals surface area (Å²) in [5.74, 6) is -1.42. The zero-order valence-electron chi connectivity index (χ0n) is 17.3. The monoisotopic (exact) mass is 481 g/mol. The lowest BCUT2D eigenvalue weighted by molar-refractivity contribution is -0.136. The first-order chi connectivity index (χ1) is 15.4. The van der Waals surface area contributed by atoms with Crippen LogP contribution in [0, 0.1) is 5.82 Å².